The first kappa shape index (κ1) is 14.1. The van der Waals surface area contributed by atoms with Crippen LogP contribution >= 0.6 is 0 Å². The number of rotatable bonds is 5. The third-order valence-electron chi connectivity index (χ3n) is 2.02. The van der Waals surface area contributed by atoms with Crippen LogP contribution in [0.3, 0.4) is 0 Å². The van der Waals surface area contributed by atoms with Gasteiger partial charge in [-0.1, -0.05) is 0 Å². The predicted octanol–water partition coefficient (Wildman–Crippen LogP) is -0.638. The van der Waals surface area contributed by atoms with Crippen LogP contribution in [-0.4, -0.2) is 31.6 Å². The number of nitrogens with one attached hydrogen (secondary N) is 1. The second-order valence-corrected chi connectivity index (χ2v) is 5.25. The minimum absolute atomic E-state index is 0.171. The molecule has 0 aliphatic carbocycles. The zero-order valence-corrected chi connectivity index (χ0v) is 10.3. The molecule has 0 spiro atoms. The number of sulfonamides is 1. The Kier molecular flexibility index (Phi) is 4.76. The Morgan fingerprint density at radius 2 is 2.22 bits per heavy atom. The summed E-state index contributed by atoms with van der Waals surface area (Å²) in [4.78, 5) is 15.3. The first-order valence-corrected chi connectivity index (χ1v) is 6.79. The van der Waals surface area contributed by atoms with E-state index in [9.17, 15) is 13.2 Å². The van der Waals surface area contributed by atoms with Gasteiger partial charge in [-0.15, -0.1) is 0 Å². The van der Waals surface area contributed by atoms with Gasteiger partial charge in [-0.05, 0) is 18.6 Å². The first-order valence-electron chi connectivity index (χ1n) is 5.07. The van der Waals surface area contributed by atoms with E-state index in [-0.39, 0.29) is 24.4 Å². The number of nitriles is 1. The monoisotopic (exact) mass is 268 g/mol. The standard InChI is InChI=1S/C10H12N4O3S/c11-6-8-2-3-9(14-7-8)10(15)13-4-1-5-18(12,16)17/h2-3,7H,1,4-5H2,(H,13,15)(H2,12,16,17). The highest BCUT2D eigenvalue weighted by Gasteiger charge is 2.07. The Hall–Kier alpha value is -1.98. The van der Waals surface area contributed by atoms with E-state index in [1.54, 1.807) is 0 Å². The second kappa shape index (κ2) is 6.09. The molecule has 0 aromatic carbocycles. The van der Waals surface area contributed by atoms with E-state index in [4.69, 9.17) is 10.4 Å². The average molecular weight is 268 g/mol. The van der Waals surface area contributed by atoms with E-state index in [1.807, 2.05) is 6.07 Å². The number of carbonyl (C=O) groups excluding carboxylic acids is 1. The van der Waals surface area contributed by atoms with Crippen molar-refractivity contribution in [3.63, 3.8) is 0 Å². The van der Waals surface area contributed by atoms with E-state index >= 15 is 0 Å². The van der Waals surface area contributed by atoms with Gasteiger partial charge in [0.05, 0.1) is 11.3 Å². The Morgan fingerprint density at radius 3 is 2.72 bits per heavy atom. The molecular weight excluding hydrogens is 256 g/mol. The molecule has 96 valence electrons. The normalized spacial score (nSPS) is 10.7. The van der Waals surface area contributed by atoms with Crippen LogP contribution < -0.4 is 10.5 Å². The molecule has 0 bridgehead atoms. The quantitative estimate of drug-likeness (QED) is 0.687. The molecule has 0 fully saturated rings. The minimum Gasteiger partial charge on any atom is -0.351 e. The van der Waals surface area contributed by atoms with Gasteiger partial charge < -0.3 is 5.32 Å². The van der Waals surface area contributed by atoms with Crippen LogP contribution in [0.1, 0.15) is 22.5 Å². The highest BCUT2D eigenvalue weighted by molar-refractivity contribution is 7.89. The molecule has 1 aromatic rings. The molecule has 1 amide bonds. The molecular formula is C10H12N4O3S. The zero-order valence-electron chi connectivity index (χ0n) is 9.46. The zero-order chi connectivity index (χ0) is 13.6. The van der Waals surface area contributed by atoms with Crippen molar-refractivity contribution in [3.8, 4) is 6.07 Å². The smallest absolute Gasteiger partial charge is 0.269 e. The Bertz CT molecular complexity index is 560. The molecule has 0 atom stereocenters. The number of nitrogens with zero attached hydrogens (tertiary/aromatic N) is 2. The summed E-state index contributed by atoms with van der Waals surface area (Å²) in [5.74, 6) is -0.609. The number of carbonyl (C=O) groups is 1. The summed E-state index contributed by atoms with van der Waals surface area (Å²) in [5, 5.41) is 15.9. The highest BCUT2D eigenvalue weighted by Crippen LogP contribution is 1.98. The second-order valence-electron chi connectivity index (χ2n) is 3.52. The lowest BCUT2D eigenvalue weighted by Crippen LogP contribution is -2.27. The lowest BCUT2D eigenvalue weighted by atomic mass is 10.2. The van der Waals surface area contributed by atoms with Crippen LogP contribution in [-0.2, 0) is 10.0 Å². The van der Waals surface area contributed by atoms with Gasteiger partial charge in [-0.3, -0.25) is 4.79 Å². The lowest BCUT2D eigenvalue weighted by molar-refractivity contribution is 0.0948. The molecule has 0 aliphatic heterocycles. The van der Waals surface area contributed by atoms with Crippen LogP contribution in [0, 0.1) is 11.3 Å². The van der Waals surface area contributed by atoms with Crippen LogP contribution in [0.15, 0.2) is 18.3 Å². The van der Waals surface area contributed by atoms with Crippen LogP contribution in [0.4, 0.5) is 0 Å². The van der Waals surface area contributed by atoms with Crippen LogP contribution in [0.25, 0.3) is 0 Å². The Morgan fingerprint density at radius 1 is 1.50 bits per heavy atom. The molecule has 1 rings (SSSR count). The lowest BCUT2D eigenvalue weighted by Gasteiger charge is -2.03. The SMILES string of the molecule is N#Cc1ccc(C(=O)NCCCS(N)(=O)=O)nc1. The van der Waals surface area contributed by atoms with Crippen molar-refractivity contribution in [2.75, 3.05) is 12.3 Å². The molecule has 0 unspecified atom stereocenters. The van der Waals surface area contributed by atoms with Crippen molar-refractivity contribution in [3.05, 3.63) is 29.6 Å². The predicted molar refractivity (Wildman–Crippen MR) is 63.9 cm³/mol. The number of hydrogen-bond acceptors (Lipinski definition) is 5. The molecule has 0 saturated carbocycles. The van der Waals surface area contributed by atoms with Gasteiger partial charge in [0.2, 0.25) is 10.0 Å². The third-order valence-corrected chi connectivity index (χ3v) is 2.87. The van der Waals surface area contributed by atoms with Crippen molar-refractivity contribution in [1.82, 2.24) is 10.3 Å². The van der Waals surface area contributed by atoms with Crippen LogP contribution in [0.5, 0.6) is 0 Å². The maximum Gasteiger partial charge on any atom is 0.269 e. The molecule has 18 heavy (non-hydrogen) atoms. The maximum atomic E-state index is 11.5. The van der Waals surface area contributed by atoms with Crippen molar-refractivity contribution in [2.24, 2.45) is 5.14 Å². The van der Waals surface area contributed by atoms with Crippen LogP contribution in [0.2, 0.25) is 0 Å². The summed E-state index contributed by atoms with van der Waals surface area (Å²) < 4.78 is 21.3. The summed E-state index contributed by atoms with van der Waals surface area (Å²) in [6.45, 7) is 0.191. The molecule has 8 heteroatoms. The largest absolute Gasteiger partial charge is 0.351 e. The van der Waals surface area contributed by atoms with E-state index in [1.165, 1.54) is 18.3 Å². The number of pyridine rings is 1. The molecule has 3 N–H and O–H groups in total. The molecule has 0 aliphatic rings. The number of aromatic nitrogens is 1. The van der Waals surface area contributed by atoms with Gasteiger partial charge in [0.25, 0.3) is 5.91 Å². The fourth-order valence-electron chi connectivity index (χ4n) is 1.16. The Balaban J connectivity index is 2.43. The summed E-state index contributed by atoms with van der Waals surface area (Å²) in [7, 11) is -3.50. The minimum atomic E-state index is -3.50. The van der Waals surface area contributed by atoms with Crippen molar-refractivity contribution in [1.29, 1.82) is 5.26 Å². The topological polar surface area (TPSA) is 126 Å². The summed E-state index contributed by atoms with van der Waals surface area (Å²) in [6, 6.07) is 4.79. The van der Waals surface area contributed by atoms with Gasteiger partial charge in [0, 0.05) is 12.7 Å². The number of amides is 1. The molecule has 0 radical (unpaired) electrons. The van der Waals surface area contributed by atoms with E-state index in [0.29, 0.717) is 5.56 Å². The molecule has 0 saturated heterocycles. The van der Waals surface area contributed by atoms with E-state index < -0.39 is 15.9 Å². The van der Waals surface area contributed by atoms with Gasteiger partial charge >= 0.3 is 0 Å². The van der Waals surface area contributed by atoms with Crippen molar-refractivity contribution in [2.45, 2.75) is 6.42 Å². The van der Waals surface area contributed by atoms with Gasteiger partial charge in [0.15, 0.2) is 0 Å². The fraction of sp³-hybridized carbons (Fsp3) is 0.300. The van der Waals surface area contributed by atoms with Crippen molar-refractivity contribution < 1.29 is 13.2 Å². The summed E-state index contributed by atoms with van der Waals surface area (Å²) in [5.41, 5.74) is 0.533. The van der Waals surface area contributed by atoms with E-state index in [2.05, 4.69) is 10.3 Å². The van der Waals surface area contributed by atoms with E-state index in [0.717, 1.165) is 0 Å². The Labute approximate surface area is 105 Å². The van der Waals surface area contributed by atoms with Gasteiger partial charge in [-0.25, -0.2) is 18.5 Å². The third kappa shape index (κ3) is 4.90. The highest BCUT2D eigenvalue weighted by atomic mass is 32.2. The van der Waals surface area contributed by atoms with Gasteiger partial charge in [-0.2, -0.15) is 5.26 Å². The summed E-state index contributed by atoms with van der Waals surface area (Å²) >= 11 is 0. The number of primary sulfonamides is 1. The van der Waals surface area contributed by atoms with Crippen molar-refractivity contribution >= 4 is 15.9 Å². The number of nitrogens with two attached hydrogens (primary N) is 1. The summed E-state index contributed by atoms with van der Waals surface area (Å²) in [6.07, 6.45) is 1.53. The molecule has 7 nitrogen and oxygen atoms in total. The fourth-order valence-corrected chi connectivity index (χ4v) is 1.71. The average Bonchev–Trinajstić information content (AvgIpc) is 2.33. The maximum absolute atomic E-state index is 11.5. The van der Waals surface area contributed by atoms with Gasteiger partial charge in [0.1, 0.15) is 11.8 Å². The number of hydrogen-bond donors (Lipinski definition) is 2. The first-order chi connectivity index (χ1) is 8.42. The molecule has 1 heterocycles. The molecule has 1 aromatic heterocycles.